The SMILES string of the molecule is CCCC(Cl)CCC1CCC2(CCCC2)O1. The Balaban J connectivity index is 1.68. The maximum Gasteiger partial charge on any atom is 0.0687 e. The second-order valence-electron chi connectivity index (χ2n) is 5.63. The van der Waals surface area contributed by atoms with Crippen molar-refractivity contribution in [2.24, 2.45) is 0 Å². The molecule has 2 atom stereocenters. The molecule has 2 rings (SSSR count). The lowest BCUT2D eigenvalue weighted by Gasteiger charge is -2.24. The van der Waals surface area contributed by atoms with E-state index in [2.05, 4.69) is 6.92 Å². The third-order valence-corrected chi connectivity index (χ3v) is 4.69. The molecule has 1 saturated carbocycles. The molecule has 2 heteroatoms. The van der Waals surface area contributed by atoms with E-state index in [1.807, 2.05) is 0 Å². The van der Waals surface area contributed by atoms with E-state index in [-0.39, 0.29) is 0 Å². The topological polar surface area (TPSA) is 9.23 Å². The second kappa shape index (κ2) is 5.73. The number of halogens is 1. The molecule has 2 fully saturated rings. The molecule has 0 amide bonds. The van der Waals surface area contributed by atoms with Gasteiger partial charge in [0.25, 0.3) is 0 Å². The van der Waals surface area contributed by atoms with Crippen LogP contribution in [0.3, 0.4) is 0 Å². The van der Waals surface area contributed by atoms with E-state index in [1.54, 1.807) is 0 Å². The zero-order valence-corrected chi connectivity index (χ0v) is 11.3. The van der Waals surface area contributed by atoms with Crippen LogP contribution in [-0.4, -0.2) is 17.1 Å². The highest BCUT2D eigenvalue weighted by Crippen LogP contribution is 2.44. The number of hydrogen-bond donors (Lipinski definition) is 0. The molecule has 2 aliphatic rings. The Morgan fingerprint density at radius 2 is 2.00 bits per heavy atom. The first-order chi connectivity index (χ1) is 7.74. The Kier molecular flexibility index (Phi) is 4.55. The Hall–Kier alpha value is 0.250. The van der Waals surface area contributed by atoms with Gasteiger partial charge in [0, 0.05) is 5.38 Å². The van der Waals surface area contributed by atoms with Crippen LogP contribution in [0.1, 0.15) is 71.1 Å². The average molecular weight is 245 g/mol. The summed E-state index contributed by atoms with van der Waals surface area (Å²) in [6.45, 7) is 2.20. The summed E-state index contributed by atoms with van der Waals surface area (Å²) in [5.41, 5.74) is 0.303. The van der Waals surface area contributed by atoms with Gasteiger partial charge in [-0.25, -0.2) is 0 Å². The summed E-state index contributed by atoms with van der Waals surface area (Å²) in [6, 6.07) is 0. The normalized spacial score (nSPS) is 30.0. The van der Waals surface area contributed by atoms with E-state index in [9.17, 15) is 0 Å². The van der Waals surface area contributed by atoms with Gasteiger partial charge in [-0.1, -0.05) is 26.2 Å². The lowest BCUT2D eigenvalue weighted by atomic mass is 9.97. The van der Waals surface area contributed by atoms with Gasteiger partial charge in [-0.05, 0) is 44.9 Å². The van der Waals surface area contributed by atoms with Gasteiger partial charge in [0.15, 0.2) is 0 Å². The minimum atomic E-state index is 0.303. The van der Waals surface area contributed by atoms with E-state index < -0.39 is 0 Å². The van der Waals surface area contributed by atoms with E-state index >= 15 is 0 Å². The van der Waals surface area contributed by atoms with Gasteiger partial charge in [-0.2, -0.15) is 0 Å². The lowest BCUT2D eigenvalue weighted by molar-refractivity contribution is -0.0394. The van der Waals surface area contributed by atoms with E-state index in [1.165, 1.54) is 51.4 Å². The van der Waals surface area contributed by atoms with Gasteiger partial charge in [0.2, 0.25) is 0 Å². The number of alkyl halides is 1. The molecular formula is C14H25ClO. The highest BCUT2D eigenvalue weighted by molar-refractivity contribution is 6.20. The van der Waals surface area contributed by atoms with Gasteiger partial charge < -0.3 is 4.74 Å². The fourth-order valence-corrected chi connectivity index (χ4v) is 3.65. The third-order valence-electron chi connectivity index (χ3n) is 4.26. The molecule has 0 aromatic rings. The van der Waals surface area contributed by atoms with Crippen molar-refractivity contribution in [1.82, 2.24) is 0 Å². The summed E-state index contributed by atoms with van der Waals surface area (Å²) in [5, 5.41) is 0.369. The zero-order chi connectivity index (χ0) is 11.4. The largest absolute Gasteiger partial charge is 0.372 e. The molecule has 0 N–H and O–H groups in total. The maximum absolute atomic E-state index is 6.28. The molecule has 0 aromatic carbocycles. The van der Waals surface area contributed by atoms with Crippen LogP contribution >= 0.6 is 11.6 Å². The summed E-state index contributed by atoms with van der Waals surface area (Å²) in [7, 11) is 0. The molecule has 1 aliphatic heterocycles. The molecule has 1 nitrogen and oxygen atoms in total. The van der Waals surface area contributed by atoms with Crippen LogP contribution in [0, 0.1) is 0 Å². The van der Waals surface area contributed by atoms with Gasteiger partial charge in [0.05, 0.1) is 11.7 Å². The number of rotatable bonds is 5. The number of ether oxygens (including phenoxy) is 1. The van der Waals surface area contributed by atoms with Crippen molar-refractivity contribution < 1.29 is 4.74 Å². The first kappa shape index (κ1) is 12.7. The third kappa shape index (κ3) is 3.13. The van der Waals surface area contributed by atoms with Gasteiger partial charge in [-0.15, -0.1) is 11.6 Å². The summed E-state index contributed by atoms with van der Waals surface area (Å²) in [4.78, 5) is 0. The predicted molar refractivity (Wildman–Crippen MR) is 69.1 cm³/mol. The fraction of sp³-hybridized carbons (Fsp3) is 1.00. The van der Waals surface area contributed by atoms with Gasteiger partial charge >= 0.3 is 0 Å². The van der Waals surface area contributed by atoms with Crippen molar-refractivity contribution in [3.63, 3.8) is 0 Å². The molecule has 2 unspecified atom stereocenters. The standard InChI is InChI=1S/C14H25ClO/c1-2-5-12(15)6-7-13-8-11-14(16-13)9-3-4-10-14/h12-13H,2-11H2,1H3. The molecular weight excluding hydrogens is 220 g/mol. The average Bonchev–Trinajstić information content (AvgIpc) is 2.88. The van der Waals surface area contributed by atoms with Crippen LogP contribution in [0.4, 0.5) is 0 Å². The lowest BCUT2D eigenvalue weighted by Crippen LogP contribution is -2.25. The molecule has 1 saturated heterocycles. The van der Waals surface area contributed by atoms with Gasteiger partial charge in [0.1, 0.15) is 0 Å². The molecule has 1 aliphatic carbocycles. The fourth-order valence-electron chi connectivity index (χ4n) is 3.31. The predicted octanol–water partition coefficient (Wildman–Crippen LogP) is 4.67. The molecule has 0 aromatic heterocycles. The Bertz CT molecular complexity index is 211. The summed E-state index contributed by atoms with van der Waals surface area (Å²) in [6.07, 6.45) is 13.1. The quantitative estimate of drug-likeness (QED) is 0.639. The van der Waals surface area contributed by atoms with Crippen LogP contribution in [0.15, 0.2) is 0 Å². The summed E-state index contributed by atoms with van der Waals surface area (Å²) < 4.78 is 6.28. The smallest absolute Gasteiger partial charge is 0.0687 e. The second-order valence-corrected chi connectivity index (χ2v) is 6.25. The van der Waals surface area contributed by atoms with E-state index in [0.29, 0.717) is 17.1 Å². The van der Waals surface area contributed by atoms with E-state index in [0.717, 1.165) is 12.8 Å². The van der Waals surface area contributed by atoms with Crippen molar-refractivity contribution in [1.29, 1.82) is 0 Å². The number of hydrogen-bond acceptors (Lipinski definition) is 1. The van der Waals surface area contributed by atoms with Crippen molar-refractivity contribution in [2.45, 2.75) is 88.2 Å². The van der Waals surface area contributed by atoms with Crippen LogP contribution in [0.2, 0.25) is 0 Å². The minimum absolute atomic E-state index is 0.303. The van der Waals surface area contributed by atoms with Crippen LogP contribution in [0.25, 0.3) is 0 Å². The van der Waals surface area contributed by atoms with E-state index in [4.69, 9.17) is 16.3 Å². The molecule has 0 radical (unpaired) electrons. The molecule has 94 valence electrons. The maximum atomic E-state index is 6.28. The zero-order valence-electron chi connectivity index (χ0n) is 10.5. The van der Waals surface area contributed by atoms with Crippen LogP contribution < -0.4 is 0 Å². The van der Waals surface area contributed by atoms with Crippen molar-refractivity contribution in [2.75, 3.05) is 0 Å². The monoisotopic (exact) mass is 244 g/mol. The first-order valence-electron chi connectivity index (χ1n) is 7.06. The van der Waals surface area contributed by atoms with Crippen molar-refractivity contribution in [3.8, 4) is 0 Å². The minimum Gasteiger partial charge on any atom is -0.372 e. The molecule has 0 bridgehead atoms. The first-order valence-corrected chi connectivity index (χ1v) is 7.50. The highest BCUT2D eigenvalue weighted by Gasteiger charge is 2.41. The summed E-state index contributed by atoms with van der Waals surface area (Å²) >= 11 is 6.26. The van der Waals surface area contributed by atoms with Gasteiger partial charge in [-0.3, -0.25) is 0 Å². The Morgan fingerprint density at radius 3 is 2.69 bits per heavy atom. The summed E-state index contributed by atoms with van der Waals surface area (Å²) in [5.74, 6) is 0. The van der Waals surface area contributed by atoms with Crippen LogP contribution in [-0.2, 0) is 4.74 Å². The highest BCUT2D eigenvalue weighted by atomic mass is 35.5. The van der Waals surface area contributed by atoms with Crippen LogP contribution in [0.5, 0.6) is 0 Å². The molecule has 1 heterocycles. The Morgan fingerprint density at radius 1 is 1.25 bits per heavy atom. The Labute approximate surface area is 105 Å². The van der Waals surface area contributed by atoms with Crippen molar-refractivity contribution >= 4 is 11.6 Å². The molecule has 1 spiro atoms. The van der Waals surface area contributed by atoms with Crippen molar-refractivity contribution in [3.05, 3.63) is 0 Å². The molecule has 16 heavy (non-hydrogen) atoms.